The van der Waals surface area contributed by atoms with Gasteiger partial charge in [-0.2, -0.15) is 0 Å². The third-order valence-electron chi connectivity index (χ3n) is 2.33. The van der Waals surface area contributed by atoms with E-state index in [1.165, 1.54) is 0 Å². The zero-order chi connectivity index (χ0) is 11.1. The summed E-state index contributed by atoms with van der Waals surface area (Å²) in [6.07, 6.45) is 4.99. The molecule has 0 fully saturated rings. The van der Waals surface area contributed by atoms with Gasteiger partial charge >= 0.3 is 5.97 Å². The first kappa shape index (κ1) is 11.5. The topological polar surface area (TPSA) is 37.3 Å². The Bertz CT molecular complexity index is 328. The Kier molecular flexibility index (Phi) is 4.61. The Morgan fingerprint density at radius 2 is 2.07 bits per heavy atom. The Balaban J connectivity index is 2.63. The zero-order valence-corrected chi connectivity index (χ0v) is 8.89. The molecule has 2 nitrogen and oxygen atoms in total. The van der Waals surface area contributed by atoms with E-state index in [2.05, 4.69) is 0 Å². The minimum atomic E-state index is -0.725. The molecule has 0 bridgehead atoms. The highest BCUT2D eigenvalue weighted by atomic mass is 16.4. The lowest BCUT2D eigenvalue weighted by Gasteiger charge is -2.09. The smallest absolute Gasteiger partial charge is 0.307 e. The van der Waals surface area contributed by atoms with Crippen molar-refractivity contribution in [2.75, 3.05) is 0 Å². The third-order valence-corrected chi connectivity index (χ3v) is 2.33. The first-order valence-corrected chi connectivity index (χ1v) is 5.12. The van der Waals surface area contributed by atoms with Crippen molar-refractivity contribution >= 4 is 5.97 Å². The van der Waals surface area contributed by atoms with E-state index >= 15 is 0 Å². The van der Waals surface area contributed by atoms with Crippen molar-refractivity contribution in [3.8, 4) is 0 Å². The fourth-order valence-corrected chi connectivity index (χ4v) is 1.47. The highest BCUT2D eigenvalue weighted by Gasteiger charge is 2.15. The van der Waals surface area contributed by atoms with E-state index in [4.69, 9.17) is 5.11 Å². The quantitative estimate of drug-likeness (QED) is 0.749. The maximum absolute atomic E-state index is 11.0. The number of rotatable bonds is 5. The SMILES string of the molecule is CC=CCC(Cc1ccccc1)C(=O)O. The average Bonchev–Trinajstić information content (AvgIpc) is 2.25. The number of hydrogen-bond donors (Lipinski definition) is 1. The van der Waals surface area contributed by atoms with Crippen molar-refractivity contribution < 1.29 is 9.90 Å². The van der Waals surface area contributed by atoms with E-state index in [-0.39, 0.29) is 5.92 Å². The van der Waals surface area contributed by atoms with E-state index in [1.807, 2.05) is 49.4 Å². The Labute approximate surface area is 90.3 Å². The van der Waals surface area contributed by atoms with Gasteiger partial charge < -0.3 is 5.11 Å². The summed E-state index contributed by atoms with van der Waals surface area (Å²) in [4.78, 5) is 11.0. The van der Waals surface area contributed by atoms with Crippen LogP contribution >= 0.6 is 0 Å². The third kappa shape index (κ3) is 3.98. The molecule has 0 aliphatic carbocycles. The number of aliphatic carboxylic acids is 1. The Morgan fingerprint density at radius 3 is 2.60 bits per heavy atom. The van der Waals surface area contributed by atoms with Gasteiger partial charge in [0.2, 0.25) is 0 Å². The summed E-state index contributed by atoms with van der Waals surface area (Å²) < 4.78 is 0. The van der Waals surface area contributed by atoms with Crippen LogP contribution in [0.1, 0.15) is 18.9 Å². The van der Waals surface area contributed by atoms with Crippen LogP contribution in [0.4, 0.5) is 0 Å². The standard InChI is InChI=1S/C13H16O2/c1-2-3-9-12(13(14)15)10-11-7-5-4-6-8-11/h2-8,12H,9-10H2,1H3,(H,14,15). The second-order valence-electron chi connectivity index (χ2n) is 3.53. The van der Waals surface area contributed by atoms with Crippen molar-refractivity contribution in [2.24, 2.45) is 5.92 Å². The number of hydrogen-bond acceptors (Lipinski definition) is 1. The molecule has 0 spiro atoms. The van der Waals surface area contributed by atoms with E-state index in [9.17, 15) is 4.79 Å². The summed E-state index contributed by atoms with van der Waals surface area (Å²) in [7, 11) is 0. The van der Waals surface area contributed by atoms with Crippen LogP contribution in [0.15, 0.2) is 42.5 Å². The molecule has 0 saturated heterocycles. The average molecular weight is 204 g/mol. The number of allylic oxidation sites excluding steroid dienone is 2. The summed E-state index contributed by atoms with van der Waals surface area (Å²) in [6.45, 7) is 1.90. The van der Waals surface area contributed by atoms with Crippen LogP contribution in [0, 0.1) is 5.92 Å². The molecule has 0 aromatic heterocycles. The minimum absolute atomic E-state index is 0.316. The fraction of sp³-hybridized carbons (Fsp3) is 0.308. The second kappa shape index (κ2) is 6.02. The summed E-state index contributed by atoms with van der Waals surface area (Å²) >= 11 is 0. The molecule has 80 valence electrons. The van der Waals surface area contributed by atoms with Gasteiger partial charge in [-0.25, -0.2) is 0 Å². The molecule has 0 aliphatic heterocycles. The van der Waals surface area contributed by atoms with Gasteiger partial charge in [-0.05, 0) is 25.3 Å². The number of carboxylic acids is 1. The molecule has 2 heteroatoms. The first-order valence-electron chi connectivity index (χ1n) is 5.12. The van der Waals surface area contributed by atoms with E-state index in [1.54, 1.807) is 0 Å². The van der Waals surface area contributed by atoms with Gasteiger partial charge in [0, 0.05) is 0 Å². The largest absolute Gasteiger partial charge is 0.481 e. The lowest BCUT2D eigenvalue weighted by molar-refractivity contribution is -0.141. The molecule has 15 heavy (non-hydrogen) atoms. The van der Waals surface area contributed by atoms with E-state index < -0.39 is 5.97 Å². The molecular formula is C13H16O2. The minimum Gasteiger partial charge on any atom is -0.481 e. The fourth-order valence-electron chi connectivity index (χ4n) is 1.47. The Hall–Kier alpha value is -1.57. The number of benzene rings is 1. The molecule has 0 saturated carbocycles. The highest BCUT2D eigenvalue weighted by Crippen LogP contribution is 2.13. The zero-order valence-electron chi connectivity index (χ0n) is 8.89. The molecule has 1 unspecified atom stereocenters. The molecule has 1 aromatic carbocycles. The molecule has 0 radical (unpaired) electrons. The van der Waals surface area contributed by atoms with Crippen molar-refractivity contribution in [1.29, 1.82) is 0 Å². The lowest BCUT2D eigenvalue weighted by Crippen LogP contribution is -2.15. The maximum atomic E-state index is 11.0. The van der Waals surface area contributed by atoms with Gasteiger partial charge in [0.05, 0.1) is 5.92 Å². The summed E-state index contributed by atoms with van der Waals surface area (Å²) in [5, 5.41) is 9.03. The lowest BCUT2D eigenvalue weighted by atomic mass is 9.96. The summed E-state index contributed by atoms with van der Waals surface area (Å²) in [5.74, 6) is -1.04. The molecular weight excluding hydrogens is 188 g/mol. The van der Waals surface area contributed by atoms with Gasteiger partial charge in [0.15, 0.2) is 0 Å². The summed E-state index contributed by atoms with van der Waals surface area (Å²) in [6, 6.07) is 9.73. The molecule has 1 atom stereocenters. The van der Waals surface area contributed by atoms with Gasteiger partial charge in [-0.15, -0.1) is 0 Å². The van der Waals surface area contributed by atoms with Gasteiger partial charge in [0.1, 0.15) is 0 Å². The van der Waals surface area contributed by atoms with Crippen LogP contribution in [0.5, 0.6) is 0 Å². The van der Waals surface area contributed by atoms with Crippen molar-refractivity contribution in [1.82, 2.24) is 0 Å². The number of carboxylic acid groups (broad SMARTS) is 1. The van der Waals surface area contributed by atoms with Crippen molar-refractivity contribution in [3.05, 3.63) is 48.0 Å². The van der Waals surface area contributed by atoms with Crippen LogP contribution < -0.4 is 0 Å². The Morgan fingerprint density at radius 1 is 1.40 bits per heavy atom. The molecule has 1 aromatic rings. The van der Waals surface area contributed by atoms with E-state index in [0.717, 1.165) is 5.56 Å². The van der Waals surface area contributed by atoms with Crippen LogP contribution in [0.25, 0.3) is 0 Å². The molecule has 1 rings (SSSR count). The highest BCUT2D eigenvalue weighted by molar-refractivity contribution is 5.70. The van der Waals surface area contributed by atoms with Crippen molar-refractivity contribution in [3.63, 3.8) is 0 Å². The predicted molar refractivity (Wildman–Crippen MR) is 60.7 cm³/mol. The van der Waals surface area contributed by atoms with E-state index in [0.29, 0.717) is 12.8 Å². The van der Waals surface area contributed by atoms with Crippen molar-refractivity contribution in [2.45, 2.75) is 19.8 Å². The monoisotopic (exact) mass is 204 g/mol. The number of carbonyl (C=O) groups is 1. The van der Waals surface area contributed by atoms with Gasteiger partial charge in [-0.1, -0.05) is 42.5 Å². The molecule has 0 heterocycles. The second-order valence-corrected chi connectivity index (χ2v) is 3.53. The maximum Gasteiger partial charge on any atom is 0.307 e. The molecule has 0 aliphatic rings. The predicted octanol–water partition coefficient (Wildman–Crippen LogP) is 2.90. The normalized spacial score (nSPS) is 12.9. The molecule has 0 amide bonds. The van der Waals surface area contributed by atoms with Crippen LogP contribution in [0.3, 0.4) is 0 Å². The van der Waals surface area contributed by atoms with Gasteiger partial charge in [-0.3, -0.25) is 4.79 Å². The molecule has 1 N–H and O–H groups in total. The van der Waals surface area contributed by atoms with Crippen LogP contribution in [-0.4, -0.2) is 11.1 Å². The van der Waals surface area contributed by atoms with Crippen LogP contribution in [-0.2, 0) is 11.2 Å². The summed E-state index contributed by atoms with van der Waals surface area (Å²) in [5.41, 5.74) is 1.08. The van der Waals surface area contributed by atoms with Crippen LogP contribution in [0.2, 0.25) is 0 Å². The first-order chi connectivity index (χ1) is 7.24. The van der Waals surface area contributed by atoms with Gasteiger partial charge in [0.25, 0.3) is 0 Å².